The zero-order valence-electron chi connectivity index (χ0n) is 11.2. The van der Waals surface area contributed by atoms with Crippen LogP contribution in [0.3, 0.4) is 0 Å². The Morgan fingerprint density at radius 1 is 1.11 bits per heavy atom. The van der Waals surface area contributed by atoms with Gasteiger partial charge in [0.1, 0.15) is 6.04 Å². The molecule has 5 heteroatoms. The fraction of sp³-hybridized carbons (Fsp3) is 0.571. The Hall–Kier alpha value is -1.07. The maximum atomic E-state index is 13.4. The number of hydrogen-bond acceptors (Lipinski definition) is 2. The molecule has 0 saturated carbocycles. The molecule has 0 amide bonds. The van der Waals surface area contributed by atoms with Gasteiger partial charge in [0.25, 0.3) is 0 Å². The lowest BCUT2D eigenvalue weighted by molar-refractivity contribution is -0.187. The molecule has 19 heavy (non-hydrogen) atoms. The Morgan fingerprint density at radius 2 is 1.74 bits per heavy atom. The Labute approximate surface area is 111 Å². The minimum absolute atomic E-state index is 0.345. The Bertz CT molecular complexity index is 437. The normalized spacial score (nSPS) is 19.4. The van der Waals surface area contributed by atoms with Crippen molar-refractivity contribution in [3.8, 4) is 0 Å². The highest BCUT2D eigenvalue weighted by Gasteiger charge is 2.44. The molecule has 1 N–H and O–H groups in total. The molecule has 106 valence electrons. The van der Waals surface area contributed by atoms with Crippen LogP contribution in [0.5, 0.6) is 0 Å². The van der Waals surface area contributed by atoms with Crippen molar-refractivity contribution in [1.29, 1.82) is 0 Å². The van der Waals surface area contributed by atoms with Crippen molar-refractivity contribution in [1.82, 2.24) is 10.2 Å². The molecule has 1 aliphatic heterocycles. The number of halogens is 3. The molecule has 1 atom stereocenters. The quantitative estimate of drug-likeness (QED) is 0.890. The molecule has 1 aliphatic rings. The van der Waals surface area contributed by atoms with Gasteiger partial charge >= 0.3 is 6.18 Å². The van der Waals surface area contributed by atoms with Crippen LogP contribution in [-0.2, 0) is 0 Å². The predicted octanol–water partition coefficient (Wildman–Crippen LogP) is 2.81. The average Bonchev–Trinajstić information content (AvgIpc) is 2.34. The molecule has 1 saturated heterocycles. The van der Waals surface area contributed by atoms with Crippen molar-refractivity contribution in [3.63, 3.8) is 0 Å². The number of rotatable bonds is 2. The minimum atomic E-state index is -4.24. The smallest absolute Gasteiger partial charge is 0.314 e. The van der Waals surface area contributed by atoms with E-state index in [0.29, 0.717) is 31.7 Å². The number of aryl methyl sites for hydroxylation is 2. The van der Waals surface area contributed by atoms with Gasteiger partial charge in [-0.2, -0.15) is 13.2 Å². The summed E-state index contributed by atoms with van der Waals surface area (Å²) in [5, 5.41) is 3.08. The van der Waals surface area contributed by atoms with E-state index in [1.165, 1.54) is 4.90 Å². The Balaban J connectivity index is 2.33. The van der Waals surface area contributed by atoms with Crippen molar-refractivity contribution in [3.05, 3.63) is 34.9 Å². The molecule has 2 nitrogen and oxygen atoms in total. The summed E-state index contributed by atoms with van der Waals surface area (Å²) in [5.74, 6) is 0. The monoisotopic (exact) mass is 272 g/mol. The third-order valence-corrected chi connectivity index (χ3v) is 3.67. The first-order chi connectivity index (χ1) is 8.89. The van der Waals surface area contributed by atoms with Gasteiger partial charge in [-0.3, -0.25) is 4.90 Å². The summed E-state index contributed by atoms with van der Waals surface area (Å²) in [5.41, 5.74) is 2.27. The van der Waals surface area contributed by atoms with Crippen molar-refractivity contribution >= 4 is 0 Å². The minimum Gasteiger partial charge on any atom is -0.314 e. The van der Waals surface area contributed by atoms with E-state index in [9.17, 15) is 13.2 Å². The lowest BCUT2D eigenvalue weighted by Crippen LogP contribution is -2.49. The molecule has 0 unspecified atom stereocenters. The number of alkyl halides is 3. The van der Waals surface area contributed by atoms with Gasteiger partial charge in [-0.25, -0.2) is 0 Å². The van der Waals surface area contributed by atoms with E-state index in [2.05, 4.69) is 5.32 Å². The van der Waals surface area contributed by atoms with Crippen LogP contribution in [0.1, 0.15) is 22.7 Å². The molecule has 1 aromatic carbocycles. The summed E-state index contributed by atoms with van der Waals surface area (Å²) in [6, 6.07) is 3.54. The van der Waals surface area contributed by atoms with Gasteiger partial charge in [0.05, 0.1) is 0 Å². The van der Waals surface area contributed by atoms with Crippen molar-refractivity contribution in [2.45, 2.75) is 26.1 Å². The largest absolute Gasteiger partial charge is 0.408 e. The van der Waals surface area contributed by atoms with Crippen LogP contribution in [0.25, 0.3) is 0 Å². The molecule has 0 bridgehead atoms. The second-order valence-corrected chi connectivity index (χ2v) is 5.07. The zero-order valence-corrected chi connectivity index (χ0v) is 11.2. The fourth-order valence-electron chi connectivity index (χ4n) is 2.48. The third kappa shape index (κ3) is 3.28. The average molecular weight is 272 g/mol. The van der Waals surface area contributed by atoms with Crippen LogP contribution in [0.4, 0.5) is 13.2 Å². The summed E-state index contributed by atoms with van der Waals surface area (Å²) < 4.78 is 40.1. The molecule has 1 aromatic rings. The lowest BCUT2D eigenvalue weighted by Gasteiger charge is -2.36. The number of benzene rings is 1. The van der Waals surface area contributed by atoms with Gasteiger partial charge in [-0.05, 0) is 30.5 Å². The van der Waals surface area contributed by atoms with Crippen LogP contribution in [0.15, 0.2) is 18.2 Å². The zero-order chi connectivity index (χ0) is 14.0. The van der Waals surface area contributed by atoms with Crippen LogP contribution in [-0.4, -0.2) is 37.3 Å². The van der Waals surface area contributed by atoms with Gasteiger partial charge in [-0.1, -0.05) is 18.2 Å². The second-order valence-electron chi connectivity index (χ2n) is 5.07. The third-order valence-electron chi connectivity index (χ3n) is 3.67. The van der Waals surface area contributed by atoms with Gasteiger partial charge in [0, 0.05) is 26.2 Å². The van der Waals surface area contributed by atoms with Crippen LogP contribution >= 0.6 is 0 Å². The van der Waals surface area contributed by atoms with Crippen LogP contribution in [0, 0.1) is 13.8 Å². The maximum absolute atomic E-state index is 13.4. The summed E-state index contributed by atoms with van der Waals surface area (Å²) in [6.07, 6.45) is -4.24. The van der Waals surface area contributed by atoms with Crippen LogP contribution in [0.2, 0.25) is 0 Å². The summed E-state index contributed by atoms with van der Waals surface area (Å²) in [6.45, 7) is 5.83. The molecule has 2 rings (SSSR count). The first-order valence-corrected chi connectivity index (χ1v) is 6.48. The SMILES string of the molecule is Cc1ccc([C@H](N2CCNCC2)C(F)(F)F)cc1C. The first-order valence-electron chi connectivity index (χ1n) is 6.48. The van der Waals surface area contributed by atoms with Gasteiger partial charge in [0.2, 0.25) is 0 Å². The Kier molecular flexibility index (Phi) is 4.16. The molecule has 0 aromatic heterocycles. The number of nitrogens with zero attached hydrogens (tertiary/aromatic N) is 1. The van der Waals surface area contributed by atoms with Crippen LogP contribution < -0.4 is 5.32 Å². The van der Waals surface area contributed by atoms with E-state index in [1.54, 1.807) is 18.2 Å². The highest BCUT2D eigenvalue weighted by atomic mass is 19.4. The van der Waals surface area contributed by atoms with E-state index in [-0.39, 0.29) is 0 Å². The summed E-state index contributed by atoms with van der Waals surface area (Å²) in [4.78, 5) is 1.51. The van der Waals surface area contributed by atoms with E-state index in [0.717, 1.165) is 11.1 Å². The number of nitrogens with one attached hydrogen (secondary N) is 1. The number of piperazine rings is 1. The van der Waals surface area contributed by atoms with E-state index >= 15 is 0 Å². The number of hydrogen-bond donors (Lipinski definition) is 1. The van der Waals surface area contributed by atoms with E-state index in [4.69, 9.17) is 0 Å². The summed E-state index contributed by atoms with van der Waals surface area (Å²) >= 11 is 0. The molecule has 1 fully saturated rings. The van der Waals surface area contributed by atoms with Crippen molar-refractivity contribution in [2.75, 3.05) is 26.2 Å². The van der Waals surface area contributed by atoms with E-state index < -0.39 is 12.2 Å². The molecule has 0 spiro atoms. The maximum Gasteiger partial charge on any atom is 0.408 e. The van der Waals surface area contributed by atoms with Crippen molar-refractivity contribution in [2.24, 2.45) is 0 Å². The predicted molar refractivity (Wildman–Crippen MR) is 69.2 cm³/mol. The molecule has 0 radical (unpaired) electrons. The summed E-state index contributed by atoms with van der Waals surface area (Å²) in [7, 11) is 0. The van der Waals surface area contributed by atoms with Gasteiger partial charge in [0.15, 0.2) is 0 Å². The lowest BCUT2D eigenvalue weighted by atomic mass is 9.99. The topological polar surface area (TPSA) is 15.3 Å². The van der Waals surface area contributed by atoms with E-state index in [1.807, 2.05) is 13.8 Å². The second kappa shape index (κ2) is 5.51. The molecular weight excluding hydrogens is 253 g/mol. The molecule has 1 heterocycles. The van der Waals surface area contributed by atoms with Crippen molar-refractivity contribution < 1.29 is 13.2 Å². The van der Waals surface area contributed by atoms with Gasteiger partial charge < -0.3 is 5.32 Å². The molecule has 0 aliphatic carbocycles. The standard InChI is InChI=1S/C14H19F3N2/c1-10-3-4-12(9-11(10)2)13(14(15,16)17)19-7-5-18-6-8-19/h3-4,9,13,18H,5-8H2,1-2H3/t13-/m0/s1. The first kappa shape index (κ1) is 14.3. The van der Waals surface area contributed by atoms with Gasteiger partial charge in [-0.15, -0.1) is 0 Å². The highest BCUT2D eigenvalue weighted by Crippen LogP contribution is 2.38. The molecular formula is C14H19F3N2. The highest BCUT2D eigenvalue weighted by molar-refractivity contribution is 5.32. The fourth-order valence-corrected chi connectivity index (χ4v) is 2.48. The Morgan fingerprint density at radius 3 is 2.26 bits per heavy atom.